The lowest BCUT2D eigenvalue weighted by Gasteiger charge is -2.19. The molecule has 0 aromatic heterocycles. The number of aryl methyl sites for hydroxylation is 1. The van der Waals surface area contributed by atoms with Crippen LogP contribution in [0.5, 0.6) is 0 Å². The molecule has 0 aliphatic rings. The van der Waals surface area contributed by atoms with Gasteiger partial charge >= 0.3 is 12.1 Å². The molecular weight excluding hydrogens is 396 g/mol. The first-order valence-corrected chi connectivity index (χ1v) is 10.2. The second kappa shape index (κ2) is 11.2. The fourth-order valence-corrected chi connectivity index (χ4v) is 2.78. The van der Waals surface area contributed by atoms with Crippen LogP contribution < -0.4 is 10.6 Å². The number of carbonyl (C=O) groups excluding carboxylic acids is 3. The van der Waals surface area contributed by atoms with Gasteiger partial charge in [-0.2, -0.15) is 0 Å². The molecule has 2 aromatic carbocycles. The van der Waals surface area contributed by atoms with Crippen molar-refractivity contribution in [2.24, 2.45) is 0 Å². The van der Waals surface area contributed by atoms with Crippen molar-refractivity contribution in [3.63, 3.8) is 0 Å². The van der Waals surface area contributed by atoms with Crippen molar-refractivity contribution in [3.8, 4) is 0 Å². The molecule has 166 valence electrons. The summed E-state index contributed by atoms with van der Waals surface area (Å²) in [5.41, 5.74) is 1.18. The number of benzene rings is 2. The monoisotopic (exact) mass is 426 g/mol. The summed E-state index contributed by atoms with van der Waals surface area (Å²) in [7, 11) is 0. The highest BCUT2D eigenvalue weighted by atomic mass is 16.6. The Labute approximate surface area is 183 Å². The molecule has 0 bridgehead atoms. The summed E-state index contributed by atoms with van der Waals surface area (Å²) in [5.74, 6) is -1.02. The molecule has 1 atom stereocenters. The molecule has 2 rings (SSSR count). The summed E-state index contributed by atoms with van der Waals surface area (Å²) in [6.45, 7) is 6.81. The van der Waals surface area contributed by atoms with Gasteiger partial charge in [0.05, 0.1) is 5.56 Å². The number of rotatable bonds is 8. The third kappa shape index (κ3) is 9.33. The number of ether oxygens (including phenoxy) is 2. The van der Waals surface area contributed by atoms with Crippen LogP contribution in [0.4, 0.5) is 10.5 Å². The second-order valence-corrected chi connectivity index (χ2v) is 8.28. The van der Waals surface area contributed by atoms with Crippen LogP contribution in [0.2, 0.25) is 0 Å². The minimum atomic E-state index is -0.653. The number of esters is 1. The normalized spacial score (nSPS) is 11.9. The molecule has 0 aliphatic heterocycles. The van der Waals surface area contributed by atoms with Gasteiger partial charge in [-0.05, 0) is 64.3 Å². The van der Waals surface area contributed by atoms with Crippen molar-refractivity contribution < 1.29 is 23.9 Å². The van der Waals surface area contributed by atoms with Crippen molar-refractivity contribution in [1.29, 1.82) is 0 Å². The number of nitrogens with one attached hydrogen (secondary N) is 2. The molecule has 0 fully saturated rings. The first kappa shape index (κ1) is 23.9. The van der Waals surface area contributed by atoms with Crippen LogP contribution in [-0.4, -0.2) is 36.2 Å². The Morgan fingerprint density at radius 3 is 2.39 bits per heavy atom. The molecule has 2 aromatic rings. The summed E-state index contributed by atoms with van der Waals surface area (Å²) in [6.07, 6.45) is 1.00. The van der Waals surface area contributed by atoms with Crippen LogP contribution in [-0.2, 0) is 20.7 Å². The van der Waals surface area contributed by atoms with Crippen LogP contribution in [0.3, 0.4) is 0 Å². The van der Waals surface area contributed by atoms with Crippen LogP contribution in [0.1, 0.15) is 50.0 Å². The zero-order valence-corrected chi connectivity index (χ0v) is 18.4. The Balaban J connectivity index is 1.78. The van der Waals surface area contributed by atoms with Crippen molar-refractivity contribution in [1.82, 2.24) is 5.32 Å². The molecule has 31 heavy (non-hydrogen) atoms. The first-order chi connectivity index (χ1) is 14.6. The third-order valence-electron chi connectivity index (χ3n) is 4.19. The highest BCUT2D eigenvalue weighted by molar-refractivity contribution is 5.93. The summed E-state index contributed by atoms with van der Waals surface area (Å²) >= 11 is 0. The molecule has 2 N–H and O–H groups in total. The average Bonchev–Trinajstić information content (AvgIpc) is 2.70. The maximum atomic E-state index is 12.3. The molecular formula is C24H30N2O5. The maximum Gasteiger partial charge on any atom is 0.412 e. The Morgan fingerprint density at radius 1 is 1.00 bits per heavy atom. The summed E-state index contributed by atoms with van der Waals surface area (Å²) in [5, 5.41) is 5.39. The Kier molecular flexibility index (Phi) is 8.61. The number of amides is 2. The average molecular weight is 427 g/mol. The van der Waals surface area contributed by atoms with E-state index < -0.39 is 17.7 Å². The number of hydrogen-bond donors (Lipinski definition) is 2. The van der Waals surface area contributed by atoms with E-state index >= 15 is 0 Å². The second-order valence-electron chi connectivity index (χ2n) is 8.28. The van der Waals surface area contributed by atoms with Crippen molar-refractivity contribution in [3.05, 3.63) is 65.7 Å². The van der Waals surface area contributed by atoms with Gasteiger partial charge in [0.25, 0.3) is 5.91 Å². The maximum absolute atomic E-state index is 12.3. The topological polar surface area (TPSA) is 93.7 Å². The molecule has 7 nitrogen and oxygen atoms in total. The zero-order chi connectivity index (χ0) is 22.9. The van der Waals surface area contributed by atoms with E-state index in [9.17, 15) is 14.4 Å². The van der Waals surface area contributed by atoms with Gasteiger partial charge in [0, 0.05) is 11.7 Å². The fourth-order valence-electron chi connectivity index (χ4n) is 2.78. The molecule has 0 spiro atoms. The molecule has 7 heteroatoms. The van der Waals surface area contributed by atoms with Gasteiger partial charge in [0.15, 0.2) is 6.61 Å². The highest BCUT2D eigenvalue weighted by Crippen LogP contribution is 2.14. The molecule has 0 saturated heterocycles. The Bertz CT molecular complexity index is 890. The van der Waals surface area contributed by atoms with E-state index in [4.69, 9.17) is 9.47 Å². The number of hydrogen-bond acceptors (Lipinski definition) is 5. The van der Waals surface area contributed by atoms with Gasteiger partial charge in [-0.3, -0.25) is 10.1 Å². The van der Waals surface area contributed by atoms with E-state index in [1.54, 1.807) is 39.0 Å². The summed E-state index contributed by atoms with van der Waals surface area (Å²) in [4.78, 5) is 36.2. The predicted molar refractivity (Wildman–Crippen MR) is 119 cm³/mol. The van der Waals surface area contributed by atoms with Crippen molar-refractivity contribution in [2.45, 2.75) is 52.2 Å². The molecule has 0 unspecified atom stereocenters. The third-order valence-corrected chi connectivity index (χ3v) is 4.19. The lowest BCUT2D eigenvalue weighted by molar-refractivity contribution is -0.124. The highest BCUT2D eigenvalue weighted by Gasteiger charge is 2.17. The van der Waals surface area contributed by atoms with E-state index in [2.05, 4.69) is 10.6 Å². The molecule has 0 radical (unpaired) electrons. The van der Waals surface area contributed by atoms with Gasteiger partial charge in [-0.1, -0.05) is 36.4 Å². The lowest BCUT2D eigenvalue weighted by atomic mass is 10.1. The van der Waals surface area contributed by atoms with Gasteiger partial charge in [-0.25, -0.2) is 9.59 Å². The van der Waals surface area contributed by atoms with E-state index in [0.29, 0.717) is 5.69 Å². The largest absolute Gasteiger partial charge is 0.452 e. The quantitative estimate of drug-likeness (QED) is 0.613. The van der Waals surface area contributed by atoms with E-state index in [-0.39, 0.29) is 24.1 Å². The smallest absolute Gasteiger partial charge is 0.412 e. The van der Waals surface area contributed by atoms with E-state index in [1.807, 2.05) is 37.3 Å². The SMILES string of the molecule is C[C@@H](CCc1ccccc1)NC(=O)COC(=O)c1cccc(NC(=O)OC(C)(C)C)c1. The van der Waals surface area contributed by atoms with E-state index in [0.717, 1.165) is 12.8 Å². The van der Waals surface area contributed by atoms with E-state index in [1.165, 1.54) is 11.6 Å². The van der Waals surface area contributed by atoms with Crippen LogP contribution in [0, 0.1) is 0 Å². The summed E-state index contributed by atoms with van der Waals surface area (Å²) < 4.78 is 10.3. The Hall–Kier alpha value is -3.35. The number of carbonyl (C=O) groups is 3. The molecule has 0 saturated carbocycles. The lowest BCUT2D eigenvalue weighted by Crippen LogP contribution is -2.36. The van der Waals surface area contributed by atoms with Crippen LogP contribution >= 0.6 is 0 Å². The predicted octanol–water partition coefficient (Wildman–Crippen LogP) is 4.33. The minimum Gasteiger partial charge on any atom is -0.452 e. The van der Waals surface area contributed by atoms with Gasteiger partial charge in [0.1, 0.15) is 5.60 Å². The fraction of sp³-hybridized carbons (Fsp3) is 0.375. The van der Waals surface area contributed by atoms with Gasteiger partial charge in [0.2, 0.25) is 0 Å². The molecule has 2 amide bonds. The van der Waals surface area contributed by atoms with Gasteiger partial charge < -0.3 is 14.8 Å². The minimum absolute atomic E-state index is 0.0484. The summed E-state index contributed by atoms with van der Waals surface area (Å²) in [6, 6.07) is 16.2. The van der Waals surface area contributed by atoms with Crippen LogP contribution in [0.25, 0.3) is 0 Å². The first-order valence-electron chi connectivity index (χ1n) is 10.2. The van der Waals surface area contributed by atoms with Gasteiger partial charge in [-0.15, -0.1) is 0 Å². The standard InChI is InChI=1S/C24H30N2O5/c1-17(13-14-18-9-6-5-7-10-18)25-21(27)16-30-22(28)19-11-8-12-20(15-19)26-23(29)31-24(2,3)4/h5-12,15,17H,13-14,16H2,1-4H3,(H,25,27)(H,26,29)/t17-/m0/s1. The van der Waals surface area contributed by atoms with Crippen molar-refractivity contribution >= 4 is 23.7 Å². The van der Waals surface area contributed by atoms with Crippen molar-refractivity contribution in [2.75, 3.05) is 11.9 Å². The van der Waals surface area contributed by atoms with Crippen LogP contribution in [0.15, 0.2) is 54.6 Å². The molecule has 0 aliphatic carbocycles. The zero-order valence-electron chi connectivity index (χ0n) is 18.4. The Morgan fingerprint density at radius 2 is 1.71 bits per heavy atom. The molecule has 0 heterocycles. The number of anilines is 1.